The number of ether oxygens (including phenoxy) is 2. The van der Waals surface area contributed by atoms with Crippen molar-refractivity contribution in [2.45, 2.75) is 13.8 Å². The van der Waals surface area contributed by atoms with Crippen LogP contribution in [-0.2, 0) is 14.3 Å². The molecule has 1 rings (SSSR count). The van der Waals surface area contributed by atoms with Gasteiger partial charge in [0.2, 0.25) is 5.91 Å². The maximum absolute atomic E-state index is 11.9. The number of esters is 1. The van der Waals surface area contributed by atoms with Crippen molar-refractivity contribution in [2.75, 3.05) is 38.7 Å². The van der Waals surface area contributed by atoms with E-state index in [9.17, 15) is 9.59 Å². The molecule has 0 heterocycles. The molecule has 0 radical (unpaired) electrons. The molecule has 0 fully saturated rings. The van der Waals surface area contributed by atoms with Gasteiger partial charge >= 0.3 is 5.97 Å². The van der Waals surface area contributed by atoms with Crippen LogP contribution in [0.2, 0.25) is 0 Å². The Morgan fingerprint density at radius 2 is 1.81 bits per heavy atom. The molecule has 0 aliphatic heterocycles. The Labute approximate surface area is 125 Å². The van der Waals surface area contributed by atoms with Gasteiger partial charge in [-0.05, 0) is 37.7 Å². The number of amides is 1. The summed E-state index contributed by atoms with van der Waals surface area (Å²) in [5, 5.41) is 2.78. The zero-order valence-electron chi connectivity index (χ0n) is 12.7. The van der Waals surface area contributed by atoms with Crippen molar-refractivity contribution in [2.24, 2.45) is 0 Å². The molecule has 1 aromatic carbocycles. The van der Waals surface area contributed by atoms with Gasteiger partial charge in [-0.25, -0.2) is 0 Å². The Hall–Kier alpha value is -2.08. The first-order valence-electron chi connectivity index (χ1n) is 6.90. The molecule has 1 aromatic rings. The summed E-state index contributed by atoms with van der Waals surface area (Å²) >= 11 is 0. The number of rotatable bonds is 8. The van der Waals surface area contributed by atoms with E-state index < -0.39 is 0 Å². The Bertz CT molecular complexity index is 459. The highest BCUT2D eigenvalue weighted by molar-refractivity contribution is 5.92. The average Bonchev–Trinajstić information content (AvgIpc) is 2.48. The third kappa shape index (κ3) is 6.27. The van der Waals surface area contributed by atoms with Crippen molar-refractivity contribution in [3.8, 4) is 5.75 Å². The molecule has 0 aliphatic rings. The van der Waals surface area contributed by atoms with E-state index in [0.717, 1.165) is 5.75 Å². The summed E-state index contributed by atoms with van der Waals surface area (Å²) in [5.74, 6) is 0.229. The molecule has 0 spiro atoms. The second kappa shape index (κ2) is 8.97. The summed E-state index contributed by atoms with van der Waals surface area (Å²) in [6.07, 6.45) is 0. The molecule has 116 valence electrons. The number of anilines is 1. The van der Waals surface area contributed by atoms with Crippen molar-refractivity contribution >= 4 is 17.6 Å². The lowest BCUT2D eigenvalue weighted by atomic mass is 10.3. The van der Waals surface area contributed by atoms with Gasteiger partial charge in [0.05, 0.1) is 26.8 Å². The predicted molar refractivity (Wildman–Crippen MR) is 80.4 cm³/mol. The maximum atomic E-state index is 11.9. The minimum atomic E-state index is -0.356. The van der Waals surface area contributed by atoms with Crippen LogP contribution in [-0.4, -0.2) is 50.1 Å². The van der Waals surface area contributed by atoms with Crippen LogP contribution in [0.25, 0.3) is 0 Å². The number of methoxy groups -OCH3 is 1. The van der Waals surface area contributed by atoms with Gasteiger partial charge < -0.3 is 14.8 Å². The van der Waals surface area contributed by atoms with Crippen molar-refractivity contribution in [3.05, 3.63) is 24.3 Å². The van der Waals surface area contributed by atoms with Gasteiger partial charge in [-0.3, -0.25) is 14.5 Å². The van der Waals surface area contributed by atoms with Crippen LogP contribution in [0, 0.1) is 0 Å². The lowest BCUT2D eigenvalue weighted by Gasteiger charge is -2.18. The monoisotopic (exact) mass is 294 g/mol. The lowest BCUT2D eigenvalue weighted by molar-refractivity contribution is -0.142. The summed E-state index contributed by atoms with van der Waals surface area (Å²) in [5.41, 5.74) is 0.692. The number of carbonyl (C=O) groups excluding carboxylic acids is 2. The van der Waals surface area contributed by atoms with Crippen LogP contribution in [0.4, 0.5) is 5.69 Å². The normalized spacial score (nSPS) is 10.3. The Kier molecular flexibility index (Phi) is 7.25. The number of hydrogen-bond acceptors (Lipinski definition) is 5. The van der Waals surface area contributed by atoms with Crippen molar-refractivity contribution in [3.63, 3.8) is 0 Å². The molecular weight excluding hydrogens is 272 g/mol. The van der Waals surface area contributed by atoms with Gasteiger partial charge in [0.25, 0.3) is 0 Å². The molecule has 0 atom stereocenters. The molecule has 0 saturated carbocycles. The van der Waals surface area contributed by atoms with Gasteiger partial charge in [0.1, 0.15) is 5.75 Å². The van der Waals surface area contributed by atoms with E-state index in [1.165, 1.54) is 7.11 Å². The maximum Gasteiger partial charge on any atom is 0.319 e. The lowest BCUT2D eigenvalue weighted by Crippen LogP contribution is -2.37. The van der Waals surface area contributed by atoms with E-state index in [4.69, 9.17) is 4.74 Å². The number of likely N-dealkylation sites (N-methyl/N-ethyl adjacent to an activating group) is 1. The predicted octanol–water partition coefficient (Wildman–Crippen LogP) is 1.52. The van der Waals surface area contributed by atoms with Crippen LogP contribution in [0.15, 0.2) is 24.3 Å². The SMILES string of the molecule is CCOc1ccc(NC(=O)CN(CC)CC(=O)OC)cc1. The Balaban J connectivity index is 2.49. The van der Waals surface area contributed by atoms with E-state index in [1.807, 2.05) is 13.8 Å². The summed E-state index contributed by atoms with van der Waals surface area (Å²) < 4.78 is 9.92. The fourth-order valence-corrected chi connectivity index (χ4v) is 1.73. The third-order valence-electron chi connectivity index (χ3n) is 2.84. The molecule has 0 saturated heterocycles. The van der Waals surface area contributed by atoms with Crippen molar-refractivity contribution in [1.29, 1.82) is 0 Å². The molecule has 0 aliphatic carbocycles. The standard InChI is InChI=1S/C15H22N2O4/c1-4-17(11-15(19)20-3)10-14(18)16-12-6-8-13(9-7-12)21-5-2/h6-9H,4-5,10-11H2,1-3H3,(H,16,18). The first kappa shape index (κ1) is 17.0. The number of carbonyl (C=O) groups is 2. The van der Waals surface area contributed by atoms with Gasteiger partial charge in [-0.1, -0.05) is 6.92 Å². The average molecular weight is 294 g/mol. The fraction of sp³-hybridized carbons (Fsp3) is 0.467. The molecule has 0 bridgehead atoms. The minimum Gasteiger partial charge on any atom is -0.494 e. The first-order chi connectivity index (χ1) is 10.1. The quantitative estimate of drug-likeness (QED) is 0.736. The highest BCUT2D eigenvalue weighted by Crippen LogP contribution is 2.15. The minimum absolute atomic E-state index is 0.101. The Morgan fingerprint density at radius 3 is 2.33 bits per heavy atom. The molecule has 6 heteroatoms. The van der Waals surface area contributed by atoms with E-state index in [0.29, 0.717) is 18.8 Å². The van der Waals surface area contributed by atoms with E-state index >= 15 is 0 Å². The molecule has 1 N–H and O–H groups in total. The highest BCUT2D eigenvalue weighted by Gasteiger charge is 2.13. The van der Waals surface area contributed by atoms with Gasteiger partial charge in [0, 0.05) is 5.69 Å². The number of hydrogen-bond donors (Lipinski definition) is 1. The summed E-state index contributed by atoms with van der Waals surface area (Å²) in [6.45, 7) is 5.22. The summed E-state index contributed by atoms with van der Waals surface area (Å²) in [6, 6.07) is 7.15. The van der Waals surface area contributed by atoms with Crippen LogP contribution >= 0.6 is 0 Å². The van der Waals surface area contributed by atoms with E-state index in [-0.39, 0.29) is 25.0 Å². The first-order valence-corrected chi connectivity index (χ1v) is 6.90. The van der Waals surface area contributed by atoms with Crippen LogP contribution in [0.1, 0.15) is 13.8 Å². The Morgan fingerprint density at radius 1 is 1.14 bits per heavy atom. The molecule has 0 aromatic heterocycles. The smallest absolute Gasteiger partial charge is 0.319 e. The molecule has 0 unspecified atom stereocenters. The van der Waals surface area contributed by atoms with Gasteiger partial charge in [-0.15, -0.1) is 0 Å². The number of nitrogens with one attached hydrogen (secondary N) is 1. The zero-order valence-corrected chi connectivity index (χ0v) is 12.7. The number of benzene rings is 1. The second-order valence-electron chi connectivity index (χ2n) is 4.38. The van der Waals surface area contributed by atoms with Crippen LogP contribution in [0.5, 0.6) is 5.75 Å². The van der Waals surface area contributed by atoms with Crippen molar-refractivity contribution < 1.29 is 19.1 Å². The van der Waals surface area contributed by atoms with E-state index in [1.54, 1.807) is 29.2 Å². The second-order valence-corrected chi connectivity index (χ2v) is 4.38. The topological polar surface area (TPSA) is 67.9 Å². The van der Waals surface area contributed by atoms with Gasteiger partial charge in [0.15, 0.2) is 0 Å². The molecule has 21 heavy (non-hydrogen) atoms. The summed E-state index contributed by atoms with van der Waals surface area (Å²) in [4.78, 5) is 24.8. The molecular formula is C15H22N2O4. The van der Waals surface area contributed by atoms with Gasteiger partial charge in [-0.2, -0.15) is 0 Å². The van der Waals surface area contributed by atoms with Crippen LogP contribution in [0.3, 0.4) is 0 Å². The van der Waals surface area contributed by atoms with E-state index in [2.05, 4.69) is 10.1 Å². The van der Waals surface area contributed by atoms with Crippen molar-refractivity contribution in [1.82, 2.24) is 4.90 Å². The molecule has 1 amide bonds. The summed E-state index contributed by atoms with van der Waals surface area (Å²) in [7, 11) is 1.33. The molecule has 6 nitrogen and oxygen atoms in total. The highest BCUT2D eigenvalue weighted by atomic mass is 16.5. The van der Waals surface area contributed by atoms with Crippen LogP contribution < -0.4 is 10.1 Å². The largest absolute Gasteiger partial charge is 0.494 e. The third-order valence-corrected chi connectivity index (χ3v) is 2.84. The number of nitrogens with zero attached hydrogens (tertiary/aromatic N) is 1. The fourth-order valence-electron chi connectivity index (χ4n) is 1.73. The zero-order chi connectivity index (χ0) is 15.7.